The summed E-state index contributed by atoms with van der Waals surface area (Å²) in [5.74, 6) is 0.264. The molecular formula is C18H19N3O2S. The van der Waals surface area contributed by atoms with Gasteiger partial charge in [0.1, 0.15) is 0 Å². The van der Waals surface area contributed by atoms with Crippen molar-refractivity contribution in [2.24, 2.45) is 7.05 Å². The van der Waals surface area contributed by atoms with E-state index in [1.807, 2.05) is 51.4 Å². The summed E-state index contributed by atoms with van der Waals surface area (Å²) >= 11 is 1.31. The molecule has 0 spiro atoms. The van der Waals surface area contributed by atoms with Gasteiger partial charge in [0, 0.05) is 19.3 Å². The van der Waals surface area contributed by atoms with Gasteiger partial charge in [-0.05, 0) is 38.1 Å². The fourth-order valence-corrected chi connectivity index (χ4v) is 3.64. The Hall–Kier alpha value is -2.34. The third-order valence-corrected chi connectivity index (χ3v) is 4.81. The van der Waals surface area contributed by atoms with E-state index in [-0.39, 0.29) is 23.1 Å². The number of fused-ring (bicyclic) bond motifs is 1. The summed E-state index contributed by atoms with van der Waals surface area (Å²) in [6, 6.07) is 10.9. The minimum absolute atomic E-state index is 0.0187. The van der Waals surface area contributed by atoms with E-state index in [0.717, 1.165) is 0 Å². The van der Waals surface area contributed by atoms with E-state index in [0.29, 0.717) is 21.8 Å². The molecule has 0 radical (unpaired) electrons. The smallest absolute Gasteiger partial charge is 0.262 e. The van der Waals surface area contributed by atoms with E-state index >= 15 is 0 Å². The number of aromatic nitrogens is 3. The lowest BCUT2D eigenvalue weighted by molar-refractivity contribution is 0.101. The molecule has 124 valence electrons. The Morgan fingerprint density at radius 3 is 2.62 bits per heavy atom. The molecule has 0 aliphatic heterocycles. The summed E-state index contributed by atoms with van der Waals surface area (Å²) in [5, 5.41) is 1.18. The van der Waals surface area contributed by atoms with Crippen LogP contribution in [0.15, 0.2) is 52.5 Å². The number of nitrogens with zero attached hydrogens (tertiary/aromatic N) is 3. The molecule has 3 aromatic rings. The number of thioether (sulfide) groups is 1. The third kappa shape index (κ3) is 3.01. The average Bonchev–Trinajstić information content (AvgIpc) is 2.98. The highest BCUT2D eigenvalue weighted by Gasteiger charge is 2.16. The average molecular weight is 341 g/mol. The molecule has 0 aliphatic carbocycles. The lowest BCUT2D eigenvalue weighted by Crippen LogP contribution is -2.25. The van der Waals surface area contributed by atoms with E-state index in [1.54, 1.807) is 21.3 Å². The monoisotopic (exact) mass is 341 g/mol. The quantitative estimate of drug-likeness (QED) is 0.406. The molecule has 0 saturated heterocycles. The van der Waals surface area contributed by atoms with Gasteiger partial charge < -0.3 is 4.57 Å². The van der Waals surface area contributed by atoms with Gasteiger partial charge >= 0.3 is 0 Å². The van der Waals surface area contributed by atoms with Crippen LogP contribution >= 0.6 is 11.8 Å². The number of hydrogen-bond acceptors (Lipinski definition) is 4. The van der Waals surface area contributed by atoms with Crippen molar-refractivity contribution in [2.75, 3.05) is 5.75 Å². The lowest BCUT2D eigenvalue weighted by atomic mass is 10.2. The first kappa shape index (κ1) is 16.5. The van der Waals surface area contributed by atoms with Crippen molar-refractivity contribution >= 4 is 28.4 Å². The van der Waals surface area contributed by atoms with Crippen molar-refractivity contribution in [3.8, 4) is 0 Å². The molecule has 0 N–H and O–H groups in total. The summed E-state index contributed by atoms with van der Waals surface area (Å²) < 4.78 is 3.46. The highest BCUT2D eigenvalue weighted by atomic mass is 32.2. The standard InChI is InChI=1S/C18H19N3O2S/c1-12(2)21-17(23)13-7-4-5-8-14(13)19-18(21)24-11-16(22)15-9-6-10-20(15)3/h4-10,12H,11H2,1-3H3. The van der Waals surface area contributed by atoms with Crippen molar-refractivity contribution in [3.63, 3.8) is 0 Å². The first-order valence-electron chi connectivity index (χ1n) is 7.77. The number of Topliss-reactive ketones (excluding diaryl/α,β-unsaturated/α-hetero) is 1. The number of para-hydroxylation sites is 1. The van der Waals surface area contributed by atoms with Gasteiger partial charge in [-0.3, -0.25) is 14.2 Å². The van der Waals surface area contributed by atoms with Crippen molar-refractivity contribution in [1.29, 1.82) is 0 Å². The van der Waals surface area contributed by atoms with E-state index in [9.17, 15) is 9.59 Å². The first-order valence-corrected chi connectivity index (χ1v) is 8.76. The maximum atomic E-state index is 12.7. The molecule has 0 fully saturated rings. The van der Waals surface area contributed by atoms with Crippen LogP contribution in [0.1, 0.15) is 30.4 Å². The molecule has 24 heavy (non-hydrogen) atoms. The Balaban J connectivity index is 1.97. The number of rotatable bonds is 5. The summed E-state index contributed by atoms with van der Waals surface area (Å²) in [6.45, 7) is 3.89. The Morgan fingerprint density at radius 1 is 1.21 bits per heavy atom. The van der Waals surface area contributed by atoms with Crippen molar-refractivity contribution in [1.82, 2.24) is 14.1 Å². The van der Waals surface area contributed by atoms with Crippen molar-refractivity contribution in [3.05, 3.63) is 58.6 Å². The van der Waals surface area contributed by atoms with Crippen LogP contribution in [-0.4, -0.2) is 25.7 Å². The fraction of sp³-hybridized carbons (Fsp3) is 0.278. The minimum atomic E-state index is -0.0654. The second-order valence-electron chi connectivity index (χ2n) is 5.90. The van der Waals surface area contributed by atoms with Gasteiger partial charge in [-0.2, -0.15) is 0 Å². The fourth-order valence-electron chi connectivity index (χ4n) is 2.64. The molecule has 0 amide bonds. The highest BCUT2D eigenvalue weighted by molar-refractivity contribution is 7.99. The summed E-state index contributed by atoms with van der Waals surface area (Å²) in [5.41, 5.74) is 1.25. The second-order valence-corrected chi connectivity index (χ2v) is 6.84. The molecule has 2 heterocycles. The molecule has 0 atom stereocenters. The van der Waals surface area contributed by atoms with Crippen LogP contribution in [0.25, 0.3) is 10.9 Å². The lowest BCUT2D eigenvalue weighted by Gasteiger charge is -2.15. The molecule has 0 unspecified atom stereocenters. The number of hydrogen-bond donors (Lipinski definition) is 0. The van der Waals surface area contributed by atoms with Crippen LogP contribution in [0, 0.1) is 0 Å². The zero-order valence-electron chi connectivity index (χ0n) is 13.9. The van der Waals surface area contributed by atoms with Crippen LogP contribution in [0.2, 0.25) is 0 Å². The van der Waals surface area contributed by atoms with E-state index in [1.165, 1.54) is 11.8 Å². The predicted molar refractivity (Wildman–Crippen MR) is 96.9 cm³/mol. The van der Waals surface area contributed by atoms with Crippen molar-refractivity contribution < 1.29 is 4.79 Å². The second kappa shape index (κ2) is 6.65. The maximum absolute atomic E-state index is 12.7. The van der Waals surface area contributed by atoms with Gasteiger partial charge in [-0.1, -0.05) is 23.9 Å². The molecule has 3 rings (SSSR count). The topological polar surface area (TPSA) is 56.9 Å². The summed E-state index contributed by atoms with van der Waals surface area (Å²) in [6.07, 6.45) is 1.84. The van der Waals surface area contributed by atoms with Gasteiger partial charge in [0.2, 0.25) is 0 Å². The molecular weight excluding hydrogens is 322 g/mol. The van der Waals surface area contributed by atoms with Gasteiger partial charge in [0.15, 0.2) is 10.9 Å². The SMILES string of the molecule is CC(C)n1c(SCC(=O)c2cccn2C)nc2ccccc2c1=O. The zero-order chi connectivity index (χ0) is 17.3. The Kier molecular flexibility index (Phi) is 4.57. The molecule has 0 aliphatic rings. The van der Waals surface area contributed by atoms with Gasteiger partial charge in [0.25, 0.3) is 5.56 Å². The largest absolute Gasteiger partial charge is 0.348 e. The molecule has 1 aromatic carbocycles. The Bertz CT molecular complexity index is 956. The van der Waals surface area contributed by atoms with E-state index in [4.69, 9.17) is 0 Å². The number of ketones is 1. The first-order chi connectivity index (χ1) is 11.5. The molecule has 6 heteroatoms. The highest BCUT2D eigenvalue weighted by Crippen LogP contribution is 2.21. The van der Waals surface area contributed by atoms with E-state index in [2.05, 4.69) is 4.98 Å². The minimum Gasteiger partial charge on any atom is -0.348 e. The zero-order valence-corrected chi connectivity index (χ0v) is 14.7. The summed E-state index contributed by atoms with van der Waals surface area (Å²) in [7, 11) is 1.84. The number of carbonyl (C=O) groups is 1. The molecule has 5 nitrogen and oxygen atoms in total. The van der Waals surface area contributed by atoms with Crippen LogP contribution in [0.4, 0.5) is 0 Å². The van der Waals surface area contributed by atoms with Crippen LogP contribution in [0.3, 0.4) is 0 Å². The molecule has 2 aromatic heterocycles. The molecule has 0 saturated carbocycles. The van der Waals surface area contributed by atoms with Crippen LogP contribution < -0.4 is 5.56 Å². The van der Waals surface area contributed by atoms with Gasteiger partial charge in [-0.15, -0.1) is 0 Å². The predicted octanol–water partition coefficient (Wildman–Crippen LogP) is 3.29. The number of aryl methyl sites for hydroxylation is 1. The van der Waals surface area contributed by atoms with Crippen LogP contribution in [-0.2, 0) is 7.05 Å². The Labute approximate surface area is 144 Å². The molecule has 0 bridgehead atoms. The summed E-state index contributed by atoms with van der Waals surface area (Å²) in [4.78, 5) is 29.7. The van der Waals surface area contributed by atoms with E-state index < -0.39 is 0 Å². The number of carbonyl (C=O) groups excluding carboxylic acids is 1. The normalized spacial score (nSPS) is 11.3. The van der Waals surface area contributed by atoms with Gasteiger partial charge in [-0.25, -0.2) is 4.98 Å². The van der Waals surface area contributed by atoms with Gasteiger partial charge in [0.05, 0.1) is 22.3 Å². The third-order valence-electron chi connectivity index (χ3n) is 3.85. The number of benzene rings is 1. The van der Waals surface area contributed by atoms with Crippen molar-refractivity contribution in [2.45, 2.75) is 25.0 Å². The maximum Gasteiger partial charge on any atom is 0.262 e. The van der Waals surface area contributed by atoms with Crippen LogP contribution in [0.5, 0.6) is 0 Å². The Morgan fingerprint density at radius 2 is 1.96 bits per heavy atom.